The van der Waals surface area contributed by atoms with Crippen molar-refractivity contribution in [2.75, 3.05) is 7.05 Å². The van der Waals surface area contributed by atoms with Crippen molar-refractivity contribution in [3.8, 4) is 0 Å². The minimum absolute atomic E-state index is 0.862. The van der Waals surface area contributed by atoms with Gasteiger partial charge in [0.1, 0.15) is 0 Å². The molecule has 0 fully saturated rings. The van der Waals surface area contributed by atoms with Crippen molar-refractivity contribution in [1.29, 1.82) is 0 Å². The lowest BCUT2D eigenvalue weighted by Gasteiger charge is -1.89. The van der Waals surface area contributed by atoms with Gasteiger partial charge in [0, 0.05) is 0 Å². The first-order valence-corrected chi connectivity index (χ1v) is 3.19. The van der Waals surface area contributed by atoms with E-state index in [1.807, 2.05) is 7.05 Å². The SMILES string of the molecule is C=C=Cc1cn[nH]c1[N+](=C)C. The van der Waals surface area contributed by atoms with Crippen LogP contribution in [0.3, 0.4) is 0 Å². The second-order valence-corrected chi connectivity index (χ2v) is 2.22. The fourth-order valence-corrected chi connectivity index (χ4v) is 0.810. The highest BCUT2D eigenvalue weighted by molar-refractivity contribution is 5.56. The van der Waals surface area contributed by atoms with Gasteiger partial charge in [-0.25, -0.2) is 4.58 Å². The summed E-state index contributed by atoms with van der Waals surface area (Å²) >= 11 is 0. The van der Waals surface area contributed by atoms with Gasteiger partial charge in [-0.2, -0.15) is 0 Å². The van der Waals surface area contributed by atoms with Gasteiger partial charge in [0.2, 0.25) is 0 Å². The highest BCUT2D eigenvalue weighted by atomic mass is 15.2. The molecular formula is C8H10N3+. The van der Waals surface area contributed by atoms with Crippen LogP contribution in [0.5, 0.6) is 0 Å². The van der Waals surface area contributed by atoms with Gasteiger partial charge in [-0.3, -0.25) is 0 Å². The van der Waals surface area contributed by atoms with Gasteiger partial charge in [-0.15, -0.1) is 10.8 Å². The molecule has 0 atom stereocenters. The molecule has 0 aliphatic heterocycles. The molecule has 0 bridgehead atoms. The number of H-pyrrole nitrogens is 1. The number of aromatic amines is 1. The molecule has 1 rings (SSSR count). The summed E-state index contributed by atoms with van der Waals surface area (Å²) in [6.45, 7) is 7.19. The van der Waals surface area contributed by atoms with E-state index >= 15 is 0 Å². The van der Waals surface area contributed by atoms with E-state index in [-0.39, 0.29) is 0 Å². The predicted molar refractivity (Wildman–Crippen MR) is 45.2 cm³/mol. The van der Waals surface area contributed by atoms with Gasteiger partial charge in [0.25, 0.3) is 0 Å². The minimum Gasteiger partial charge on any atom is -0.242 e. The van der Waals surface area contributed by atoms with Gasteiger partial charge in [0.05, 0.1) is 25.5 Å². The molecule has 56 valence electrons. The van der Waals surface area contributed by atoms with Crippen LogP contribution in [0.15, 0.2) is 18.5 Å². The first-order chi connectivity index (χ1) is 5.25. The molecule has 1 aromatic heterocycles. The van der Waals surface area contributed by atoms with Gasteiger partial charge >= 0.3 is 5.82 Å². The van der Waals surface area contributed by atoms with Crippen molar-refractivity contribution < 1.29 is 4.58 Å². The monoisotopic (exact) mass is 148 g/mol. The normalized spacial score (nSPS) is 8.82. The maximum Gasteiger partial charge on any atom is 0.308 e. The average Bonchev–Trinajstić information content (AvgIpc) is 2.36. The van der Waals surface area contributed by atoms with Crippen LogP contribution in [0.25, 0.3) is 6.08 Å². The Hall–Kier alpha value is -1.60. The van der Waals surface area contributed by atoms with E-state index < -0.39 is 0 Å². The van der Waals surface area contributed by atoms with Crippen molar-refractivity contribution in [2.24, 2.45) is 0 Å². The maximum atomic E-state index is 3.86. The van der Waals surface area contributed by atoms with Crippen LogP contribution in [0.2, 0.25) is 0 Å². The summed E-state index contributed by atoms with van der Waals surface area (Å²) in [5.41, 5.74) is 3.62. The molecule has 3 nitrogen and oxygen atoms in total. The highest BCUT2D eigenvalue weighted by Gasteiger charge is 2.08. The van der Waals surface area contributed by atoms with Crippen molar-refractivity contribution >= 4 is 18.6 Å². The maximum absolute atomic E-state index is 3.86. The summed E-state index contributed by atoms with van der Waals surface area (Å²) in [4.78, 5) is 0. The second-order valence-electron chi connectivity index (χ2n) is 2.22. The summed E-state index contributed by atoms with van der Waals surface area (Å²) in [5.74, 6) is 0.862. The Kier molecular flexibility index (Phi) is 2.04. The molecule has 0 saturated heterocycles. The molecular weight excluding hydrogens is 138 g/mol. The zero-order chi connectivity index (χ0) is 8.27. The highest BCUT2D eigenvalue weighted by Crippen LogP contribution is 2.13. The molecule has 0 saturated carbocycles. The molecule has 11 heavy (non-hydrogen) atoms. The Bertz CT molecular complexity index is 299. The van der Waals surface area contributed by atoms with Gasteiger partial charge < -0.3 is 0 Å². The molecule has 0 aromatic carbocycles. The fraction of sp³-hybridized carbons (Fsp3) is 0.125. The van der Waals surface area contributed by atoms with Crippen molar-refractivity contribution in [2.45, 2.75) is 0 Å². The third-order valence-electron chi connectivity index (χ3n) is 1.29. The summed E-state index contributed by atoms with van der Waals surface area (Å²) < 4.78 is 1.70. The minimum atomic E-state index is 0.862. The van der Waals surface area contributed by atoms with E-state index in [4.69, 9.17) is 0 Å². The number of nitrogens with zero attached hydrogens (tertiary/aromatic N) is 2. The zero-order valence-corrected chi connectivity index (χ0v) is 6.46. The number of hydrogen-bond acceptors (Lipinski definition) is 1. The number of hydrogen-bond donors (Lipinski definition) is 1. The Labute approximate surface area is 65.4 Å². The molecule has 1 heterocycles. The zero-order valence-electron chi connectivity index (χ0n) is 6.46. The lowest BCUT2D eigenvalue weighted by Crippen LogP contribution is -1.94. The van der Waals surface area contributed by atoms with Crippen LogP contribution in [0.4, 0.5) is 5.82 Å². The average molecular weight is 148 g/mol. The van der Waals surface area contributed by atoms with Crippen LogP contribution in [0.1, 0.15) is 5.56 Å². The Morgan fingerprint density at radius 3 is 3.09 bits per heavy atom. The van der Waals surface area contributed by atoms with Crippen LogP contribution >= 0.6 is 0 Å². The molecule has 1 N–H and O–H groups in total. The van der Waals surface area contributed by atoms with Crippen molar-refractivity contribution in [3.63, 3.8) is 0 Å². The van der Waals surface area contributed by atoms with Crippen molar-refractivity contribution in [3.05, 3.63) is 24.1 Å². The molecule has 3 heteroatoms. The smallest absolute Gasteiger partial charge is 0.242 e. The number of aromatic nitrogens is 2. The molecule has 0 unspecified atom stereocenters. The van der Waals surface area contributed by atoms with E-state index in [2.05, 4.69) is 29.2 Å². The van der Waals surface area contributed by atoms with Gasteiger partial charge in [0.15, 0.2) is 0 Å². The van der Waals surface area contributed by atoms with E-state index in [9.17, 15) is 0 Å². The summed E-state index contributed by atoms with van der Waals surface area (Å²) in [6, 6.07) is 0. The van der Waals surface area contributed by atoms with E-state index in [1.165, 1.54) is 0 Å². The van der Waals surface area contributed by atoms with E-state index in [0.717, 1.165) is 11.4 Å². The lowest BCUT2D eigenvalue weighted by molar-refractivity contribution is -0.399. The molecule has 0 radical (unpaired) electrons. The largest absolute Gasteiger partial charge is 0.308 e. The Morgan fingerprint density at radius 2 is 2.55 bits per heavy atom. The lowest BCUT2D eigenvalue weighted by atomic mass is 10.3. The van der Waals surface area contributed by atoms with Gasteiger partial charge in [-0.1, -0.05) is 11.7 Å². The Balaban J connectivity index is 3.15. The van der Waals surface area contributed by atoms with Crippen LogP contribution in [-0.4, -0.2) is 28.5 Å². The summed E-state index contributed by atoms with van der Waals surface area (Å²) in [6.07, 6.45) is 3.45. The standard InChI is InChI=1S/C8H10N3/c1-4-5-7-6-9-10-8(7)11(2)3/h5-6H,1-2H2,3H3,(H,9,10)/q+1. The predicted octanol–water partition coefficient (Wildman–Crippen LogP) is 1.18. The third kappa shape index (κ3) is 1.45. The topological polar surface area (TPSA) is 31.7 Å². The first kappa shape index (κ1) is 7.51. The second kappa shape index (κ2) is 2.99. The van der Waals surface area contributed by atoms with Crippen LogP contribution in [0, 0.1) is 0 Å². The van der Waals surface area contributed by atoms with E-state index in [0.29, 0.717) is 0 Å². The molecule has 0 aliphatic carbocycles. The number of nitrogens with one attached hydrogen (secondary N) is 1. The number of rotatable bonds is 2. The first-order valence-electron chi connectivity index (χ1n) is 3.19. The molecule has 0 aliphatic rings. The fourth-order valence-electron chi connectivity index (χ4n) is 0.810. The van der Waals surface area contributed by atoms with E-state index in [1.54, 1.807) is 16.8 Å². The summed E-state index contributed by atoms with van der Waals surface area (Å²) in [5, 5.41) is 6.66. The van der Waals surface area contributed by atoms with Crippen LogP contribution in [-0.2, 0) is 0 Å². The Morgan fingerprint density at radius 1 is 1.82 bits per heavy atom. The molecule has 0 amide bonds. The molecule has 0 spiro atoms. The van der Waals surface area contributed by atoms with Crippen molar-refractivity contribution in [1.82, 2.24) is 10.2 Å². The molecule has 1 aromatic rings. The van der Waals surface area contributed by atoms with Crippen LogP contribution < -0.4 is 0 Å². The quantitative estimate of drug-likeness (QED) is 0.381. The third-order valence-corrected chi connectivity index (χ3v) is 1.29. The summed E-state index contributed by atoms with van der Waals surface area (Å²) in [7, 11) is 1.84. The van der Waals surface area contributed by atoms with Gasteiger partial charge in [-0.05, 0) is 6.08 Å².